The van der Waals surface area contributed by atoms with Crippen LogP contribution in [-0.4, -0.2) is 27.4 Å². The molecule has 0 saturated carbocycles. The highest BCUT2D eigenvalue weighted by Crippen LogP contribution is 2.20. The average molecular weight is 272 g/mol. The molecule has 20 heavy (non-hydrogen) atoms. The van der Waals surface area contributed by atoms with Gasteiger partial charge in [0.15, 0.2) is 0 Å². The Morgan fingerprint density at radius 3 is 2.30 bits per heavy atom. The lowest BCUT2D eigenvalue weighted by Gasteiger charge is -2.01. The quantitative estimate of drug-likeness (QED) is 0.503. The second kappa shape index (κ2) is 5.75. The first kappa shape index (κ1) is 13.4. The van der Waals surface area contributed by atoms with Crippen molar-refractivity contribution in [1.82, 2.24) is 5.43 Å². The van der Waals surface area contributed by atoms with Crippen molar-refractivity contribution in [3.8, 4) is 17.2 Å². The van der Waals surface area contributed by atoms with Crippen molar-refractivity contribution < 1.29 is 20.1 Å². The van der Waals surface area contributed by atoms with Crippen molar-refractivity contribution in [2.75, 3.05) is 0 Å². The summed E-state index contributed by atoms with van der Waals surface area (Å²) in [5, 5.41) is 31.4. The van der Waals surface area contributed by atoms with Crippen LogP contribution >= 0.6 is 0 Å². The fourth-order valence-corrected chi connectivity index (χ4v) is 1.48. The molecular formula is C14H12N2O4. The predicted molar refractivity (Wildman–Crippen MR) is 72.9 cm³/mol. The molecule has 6 nitrogen and oxygen atoms in total. The van der Waals surface area contributed by atoms with E-state index in [2.05, 4.69) is 10.5 Å². The summed E-state index contributed by atoms with van der Waals surface area (Å²) in [7, 11) is 0. The van der Waals surface area contributed by atoms with Crippen LogP contribution in [0.2, 0.25) is 0 Å². The van der Waals surface area contributed by atoms with Gasteiger partial charge in [-0.1, -0.05) is 0 Å². The largest absolute Gasteiger partial charge is 0.508 e. The summed E-state index contributed by atoms with van der Waals surface area (Å²) in [6.07, 6.45) is 1.26. The van der Waals surface area contributed by atoms with E-state index in [0.717, 1.165) is 0 Å². The molecule has 0 spiro atoms. The third-order valence-corrected chi connectivity index (χ3v) is 2.51. The van der Waals surface area contributed by atoms with Gasteiger partial charge in [-0.05, 0) is 36.4 Å². The van der Waals surface area contributed by atoms with Crippen molar-refractivity contribution in [2.45, 2.75) is 0 Å². The van der Waals surface area contributed by atoms with Crippen LogP contribution in [0, 0.1) is 0 Å². The average Bonchev–Trinajstić information content (AvgIpc) is 2.42. The standard InChI is InChI=1S/C14H12N2O4/c17-11-4-1-9(2-5-11)14(20)16-15-8-10-3-6-12(18)7-13(10)19/h1-8,17-19H,(H,16,20). The van der Waals surface area contributed by atoms with Crippen LogP contribution in [0.5, 0.6) is 17.2 Å². The summed E-state index contributed by atoms with van der Waals surface area (Å²) in [5.41, 5.74) is 2.98. The molecule has 102 valence electrons. The third-order valence-electron chi connectivity index (χ3n) is 2.51. The molecule has 0 atom stereocenters. The fourth-order valence-electron chi connectivity index (χ4n) is 1.48. The molecule has 0 aliphatic heterocycles. The van der Waals surface area contributed by atoms with E-state index in [1.807, 2.05) is 0 Å². The number of benzene rings is 2. The maximum atomic E-state index is 11.7. The van der Waals surface area contributed by atoms with E-state index in [4.69, 9.17) is 10.2 Å². The van der Waals surface area contributed by atoms with Crippen molar-refractivity contribution in [3.05, 3.63) is 53.6 Å². The summed E-state index contributed by atoms with van der Waals surface area (Å²) in [5.74, 6) is -0.584. The normalized spacial score (nSPS) is 10.6. The zero-order valence-corrected chi connectivity index (χ0v) is 10.3. The Labute approximate surface area is 114 Å². The minimum absolute atomic E-state index is 0.0622. The van der Waals surface area contributed by atoms with Gasteiger partial charge in [-0.3, -0.25) is 4.79 Å². The molecule has 0 saturated heterocycles. The molecule has 1 amide bonds. The zero-order valence-electron chi connectivity index (χ0n) is 10.3. The molecule has 0 heterocycles. The molecule has 4 N–H and O–H groups in total. The Hall–Kier alpha value is -3.02. The van der Waals surface area contributed by atoms with Crippen molar-refractivity contribution in [2.24, 2.45) is 5.10 Å². The maximum Gasteiger partial charge on any atom is 0.271 e. The third kappa shape index (κ3) is 3.26. The molecule has 6 heteroatoms. The van der Waals surface area contributed by atoms with E-state index in [9.17, 15) is 9.90 Å². The van der Waals surface area contributed by atoms with Crippen molar-refractivity contribution in [3.63, 3.8) is 0 Å². The first-order valence-electron chi connectivity index (χ1n) is 5.70. The molecular weight excluding hydrogens is 260 g/mol. The first-order chi connectivity index (χ1) is 9.56. The lowest BCUT2D eigenvalue weighted by Crippen LogP contribution is -2.17. The number of aromatic hydroxyl groups is 3. The van der Waals surface area contributed by atoms with E-state index < -0.39 is 5.91 Å². The summed E-state index contributed by atoms with van der Waals surface area (Å²) < 4.78 is 0. The number of carbonyl (C=O) groups excluding carboxylic acids is 1. The molecule has 2 aromatic rings. The summed E-state index contributed by atoms with van der Waals surface area (Å²) >= 11 is 0. The maximum absolute atomic E-state index is 11.7. The van der Waals surface area contributed by atoms with Gasteiger partial charge < -0.3 is 15.3 Å². The van der Waals surface area contributed by atoms with E-state index in [1.54, 1.807) is 0 Å². The second-order valence-electron chi connectivity index (χ2n) is 3.99. The van der Waals surface area contributed by atoms with E-state index in [-0.39, 0.29) is 17.2 Å². The second-order valence-corrected chi connectivity index (χ2v) is 3.99. The first-order valence-corrected chi connectivity index (χ1v) is 5.70. The predicted octanol–water partition coefficient (Wildman–Crippen LogP) is 1.57. The molecule has 2 rings (SSSR count). The Morgan fingerprint density at radius 2 is 1.65 bits per heavy atom. The Balaban J connectivity index is 2.02. The zero-order chi connectivity index (χ0) is 14.5. The molecule has 0 bridgehead atoms. The smallest absolute Gasteiger partial charge is 0.271 e. The van der Waals surface area contributed by atoms with E-state index in [0.29, 0.717) is 11.1 Å². The minimum atomic E-state index is -0.445. The van der Waals surface area contributed by atoms with Crippen LogP contribution < -0.4 is 5.43 Å². The molecule has 2 aromatic carbocycles. The minimum Gasteiger partial charge on any atom is -0.508 e. The molecule has 0 aliphatic rings. The number of rotatable bonds is 3. The Morgan fingerprint density at radius 1 is 1.00 bits per heavy atom. The SMILES string of the molecule is O=C(NN=Cc1ccc(O)cc1O)c1ccc(O)cc1. The van der Waals surface area contributed by atoms with Crippen LogP contribution in [0.1, 0.15) is 15.9 Å². The van der Waals surface area contributed by atoms with Gasteiger partial charge in [0.05, 0.1) is 6.21 Å². The summed E-state index contributed by atoms with van der Waals surface area (Å²) in [6, 6.07) is 9.72. The number of hydrogen-bond donors (Lipinski definition) is 4. The van der Waals surface area contributed by atoms with Crippen LogP contribution in [0.25, 0.3) is 0 Å². The van der Waals surface area contributed by atoms with Gasteiger partial charge in [0.1, 0.15) is 17.2 Å². The summed E-state index contributed by atoms with van der Waals surface area (Å²) in [6.45, 7) is 0. The topological polar surface area (TPSA) is 102 Å². The van der Waals surface area contributed by atoms with Gasteiger partial charge in [0.2, 0.25) is 0 Å². The highest BCUT2D eigenvalue weighted by Gasteiger charge is 2.04. The number of nitrogens with one attached hydrogen (secondary N) is 1. The van der Waals surface area contributed by atoms with Gasteiger partial charge in [-0.25, -0.2) is 5.43 Å². The lowest BCUT2D eigenvalue weighted by atomic mass is 10.2. The number of carbonyl (C=O) groups is 1. The fraction of sp³-hybridized carbons (Fsp3) is 0. The van der Waals surface area contributed by atoms with Crippen LogP contribution in [0.4, 0.5) is 0 Å². The number of phenols is 3. The summed E-state index contributed by atoms with van der Waals surface area (Å²) in [4.78, 5) is 11.7. The Bertz CT molecular complexity index is 651. The number of nitrogens with zero attached hydrogens (tertiary/aromatic N) is 1. The van der Waals surface area contributed by atoms with Gasteiger partial charge in [0.25, 0.3) is 5.91 Å². The highest BCUT2D eigenvalue weighted by atomic mass is 16.3. The highest BCUT2D eigenvalue weighted by molar-refractivity contribution is 5.95. The molecule has 0 fully saturated rings. The van der Waals surface area contributed by atoms with E-state index >= 15 is 0 Å². The molecule has 0 aliphatic carbocycles. The van der Waals surface area contributed by atoms with Gasteiger partial charge in [-0.2, -0.15) is 5.10 Å². The van der Waals surface area contributed by atoms with Gasteiger partial charge in [0, 0.05) is 17.2 Å². The number of hydrogen-bond acceptors (Lipinski definition) is 5. The molecule has 0 radical (unpaired) electrons. The van der Waals surface area contributed by atoms with Crippen LogP contribution in [0.15, 0.2) is 47.6 Å². The van der Waals surface area contributed by atoms with Crippen LogP contribution in [-0.2, 0) is 0 Å². The number of hydrazone groups is 1. The van der Waals surface area contributed by atoms with Crippen molar-refractivity contribution >= 4 is 12.1 Å². The van der Waals surface area contributed by atoms with Gasteiger partial charge in [-0.15, -0.1) is 0 Å². The van der Waals surface area contributed by atoms with Gasteiger partial charge >= 0.3 is 0 Å². The Kier molecular flexibility index (Phi) is 3.85. The molecule has 0 aromatic heterocycles. The number of phenolic OH excluding ortho intramolecular Hbond substituents is 3. The molecule has 0 unspecified atom stereocenters. The monoisotopic (exact) mass is 272 g/mol. The lowest BCUT2D eigenvalue weighted by molar-refractivity contribution is 0.0955. The van der Waals surface area contributed by atoms with E-state index in [1.165, 1.54) is 48.7 Å². The van der Waals surface area contributed by atoms with Crippen LogP contribution in [0.3, 0.4) is 0 Å². The van der Waals surface area contributed by atoms with Crippen molar-refractivity contribution in [1.29, 1.82) is 0 Å². The number of amides is 1.